The first-order valence-corrected chi connectivity index (χ1v) is 8.28. The monoisotopic (exact) mass is 308 g/mol. The van der Waals surface area contributed by atoms with Gasteiger partial charge in [0.1, 0.15) is 0 Å². The second-order valence-corrected chi connectivity index (χ2v) is 5.73. The predicted molar refractivity (Wildman–Crippen MR) is 84.6 cm³/mol. The van der Waals surface area contributed by atoms with Crippen LogP contribution < -0.4 is 23.5 Å². The molecule has 0 aliphatic carbocycles. The van der Waals surface area contributed by atoms with Gasteiger partial charge in [-0.15, -0.1) is 0 Å². The number of quaternary nitrogens is 1. The van der Waals surface area contributed by atoms with E-state index in [4.69, 9.17) is 12.2 Å². The van der Waals surface area contributed by atoms with Crippen molar-refractivity contribution < 1.29 is 18.1 Å². The van der Waals surface area contributed by atoms with Crippen molar-refractivity contribution in [3.05, 3.63) is 0 Å². The molecule has 0 heterocycles. The van der Waals surface area contributed by atoms with Crippen molar-refractivity contribution in [3.63, 3.8) is 0 Å². The number of hydrogen-bond donors (Lipinski definition) is 2. The minimum atomic E-state index is 0. The molecule has 0 aliphatic rings. The van der Waals surface area contributed by atoms with Gasteiger partial charge in [-0.1, -0.05) is 77.6 Å². The molecular formula is C15H33ClN2S. The molecule has 2 nitrogen and oxygen atoms in total. The first kappa shape index (κ1) is 21.4. The number of halogens is 1. The molecule has 0 rings (SSSR count). The van der Waals surface area contributed by atoms with Crippen LogP contribution in [0.5, 0.6) is 0 Å². The third-order valence-electron chi connectivity index (χ3n) is 3.35. The quantitative estimate of drug-likeness (QED) is 0.390. The van der Waals surface area contributed by atoms with Gasteiger partial charge in [0.2, 0.25) is 0 Å². The molecule has 0 saturated carbocycles. The van der Waals surface area contributed by atoms with E-state index in [0.717, 1.165) is 6.54 Å². The van der Waals surface area contributed by atoms with Crippen LogP contribution in [0.25, 0.3) is 0 Å². The smallest absolute Gasteiger partial charge is 0.264 e. The molecular weight excluding hydrogens is 276 g/mol. The van der Waals surface area contributed by atoms with Crippen LogP contribution in [0.3, 0.4) is 0 Å². The zero-order valence-electron chi connectivity index (χ0n) is 12.7. The summed E-state index contributed by atoms with van der Waals surface area (Å²) in [6.45, 7) is 3.28. The van der Waals surface area contributed by atoms with Crippen LogP contribution in [0.4, 0.5) is 0 Å². The highest BCUT2D eigenvalue weighted by Gasteiger charge is 1.94. The van der Waals surface area contributed by atoms with Crippen molar-refractivity contribution in [1.82, 2.24) is 5.32 Å². The lowest BCUT2D eigenvalue weighted by Gasteiger charge is -2.03. The minimum absolute atomic E-state index is 0. The third-order valence-corrected chi connectivity index (χ3v) is 3.50. The van der Waals surface area contributed by atoms with E-state index in [1.807, 2.05) is 0 Å². The van der Waals surface area contributed by atoms with Gasteiger partial charge in [0.25, 0.3) is 5.11 Å². The van der Waals surface area contributed by atoms with Crippen molar-refractivity contribution in [2.75, 3.05) is 6.54 Å². The van der Waals surface area contributed by atoms with Gasteiger partial charge in [-0.2, -0.15) is 0 Å². The van der Waals surface area contributed by atoms with Crippen LogP contribution in [0.15, 0.2) is 0 Å². The maximum atomic E-state index is 4.86. The SMILES string of the molecule is CCCCCCCCCCCCCCNC([NH3+])=S.[Cl-]. The molecule has 0 aromatic rings. The molecule has 116 valence electrons. The highest BCUT2D eigenvalue weighted by atomic mass is 35.5. The molecule has 0 atom stereocenters. The van der Waals surface area contributed by atoms with Crippen LogP contribution in [0, 0.1) is 0 Å². The molecule has 0 saturated heterocycles. The fourth-order valence-corrected chi connectivity index (χ4v) is 2.30. The molecule has 0 radical (unpaired) electrons. The fraction of sp³-hybridized carbons (Fsp3) is 0.933. The lowest BCUT2D eigenvalue weighted by Crippen LogP contribution is -3.00. The van der Waals surface area contributed by atoms with Crippen LogP contribution >= 0.6 is 12.2 Å². The molecule has 19 heavy (non-hydrogen) atoms. The summed E-state index contributed by atoms with van der Waals surface area (Å²) in [5.41, 5.74) is 3.65. The number of thiocarbonyl (C=S) groups is 1. The lowest BCUT2D eigenvalue weighted by atomic mass is 10.1. The number of rotatable bonds is 13. The maximum absolute atomic E-state index is 4.86. The summed E-state index contributed by atoms with van der Waals surface area (Å²) in [6.07, 6.45) is 16.8. The molecule has 0 aromatic carbocycles. The second kappa shape index (κ2) is 18.1. The van der Waals surface area contributed by atoms with Crippen molar-refractivity contribution in [2.24, 2.45) is 0 Å². The van der Waals surface area contributed by atoms with E-state index in [1.165, 1.54) is 77.0 Å². The molecule has 0 bridgehead atoms. The van der Waals surface area contributed by atoms with Crippen LogP contribution in [-0.4, -0.2) is 11.7 Å². The lowest BCUT2D eigenvalue weighted by molar-refractivity contribution is -0.215. The van der Waals surface area contributed by atoms with Crippen molar-refractivity contribution in [1.29, 1.82) is 0 Å². The number of unbranched alkanes of at least 4 members (excludes halogenated alkanes) is 11. The molecule has 0 spiro atoms. The van der Waals surface area contributed by atoms with Crippen molar-refractivity contribution >= 4 is 17.3 Å². The van der Waals surface area contributed by atoms with Crippen LogP contribution in [-0.2, 0) is 0 Å². The van der Waals surface area contributed by atoms with E-state index in [0.29, 0.717) is 5.11 Å². The molecule has 0 fully saturated rings. The van der Waals surface area contributed by atoms with E-state index in [9.17, 15) is 0 Å². The topological polar surface area (TPSA) is 39.7 Å². The summed E-state index contributed by atoms with van der Waals surface area (Å²) in [7, 11) is 0. The first-order valence-electron chi connectivity index (χ1n) is 7.87. The van der Waals surface area contributed by atoms with E-state index < -0.39 is 0 Å². The minimum Gasteiger partial charge on any atom is -1.00 e. The fourth-order valence-electron chi connectivity index (χ4n) is 2.19. The Labute approximate surface area is 131 Å². The normalized spacial score (nSPS) is 10.0. The van der Waals surface area contributed by atoms with Gasteiger partial charge < -0.3 is 23.5 Å². The Balaban J connectivity index is 0. The van der Waals surface area contributed by atoms with Gasteiger partial charge in [-0.05, 0) is 6.42 Å². The van der Waals surface area contributed by atoms with E-state index in [1.54, 1.807) is 0 Å². The Morgan fingerprint density at radius 1 is 0.789 bits per heavy atom. The molecule has 0 aliphatic heterocycles. The van der Waals surface area contributed by atoms with Gasteiger partial charge in [0, 0.05) is 18.8 Å². The van der Waals surface area contributed by atoms with Gasteiger partial charge in [-0.3, -0.25) is 0 Å². The average Bonchev–Trinajstić information content (AvgIpc) is 2.34. The molecule has 4 heteroatoms. The predicted octanol–water partition coefficient (Wildman–Crippen LogP) is 0.808. The Bertz CT molecular complexity index is 189. The molecule has 0 aromatic heterocycles. The van der Waals surface area contributed by atoms with E-state index in [-0.39, 0.29) is 12.4 Å². The largest absolute Gasteiger partial charge is 1.00 e. The van der Waals surface area contributed by atoms with Crippen molar-refractivity contribution in [3.8, 4) is 0 Å². The Morgan fingerprint density at radius 3 is 1.53 bits per heavy atom. The number of nitrogens with one attached hydrogen (secondary N) is 1. The molecule has 0 amide bonds. The first-order chi connectivity index (χ1) is 8.77. The summed E-state index contributed by atoms with van der Waals surface area (Å²) in [4.78, 5) is 0. The Hall–Kier alpha value is 0.140. The summed E-state index contributed by atoms with van der Waals surface area (Å²) in [6, 6.07) is 0. The summed E-state index contributed by atoms with van der Waals surface area (Å²) >= 11 is 4.86. The average molecular weight is 309 g/mol. The highest BCUT2D eigenvalue weighted by Crippen LogP contribution is 2.11. The zero-order valence-corrected chi connectivity index (χ0v) is 14.3. The summed E-state index contributed by atoms with van der Waals surface area (Å²) in [5.74, 6) is 0. The molecule has 4 N–H and O–H groups in total. The van der Waals surface area contributed by atoms with Crippen LogP contribution in [0.2, 0.25) is 0 Å². The van der Waals surface area contributed by atoms with E-state index >= 15 is 0 Å². The van der Waals surface area contributed by atoms with E-state index in [2.05, 4.69) is 18.0 Å². The standard InChI is InChI=1S/C15H32N2S.ClH/c1-2-3-4-5-6-7-8-9-10-11-12-13-14-17-15(16)18;/h2-14H2,1H3,(H3,16,17,18);1H. The maximum Gasteiger partial charge on any atom is 0.264 e. The Morgan fingerprint density at radius 2 is 1.16 bits per heavy atom. The number of hydrogen-bond acceptors (Lipinski definition) is 1. The Kier molecular flexibility index (Phi) is 20.5. The highest BCUT2D eigenvalue weighted by molar-refractivity contribution is 7.79. The van der Waals surface area contributed by atoms with Crippen molar-refractivity contribution in [2.45, 2.75) is 84.0 Å². The summed E-state index contributed by atoms with van der Waals surface area (Å²) < 4.78 is 0. The molecule has 0 unspecified atom stereocenters. The zero-order chi connectivity index (χ0) is 13.5. The third kappa shape index (κ3) is 20.6. The van der Waals surface area contributed by atoms with Gasteiger partial charge in [-0.25, -0.2) is 0 Å². The van der Waals surface area contributed by atoms with Gasteiger partial charge in [0.05, 0.1) is 0 Å². The van der Waals surface area contributed by atoms with Gasteiger partial charge in [0.15, 0.2) is 0 Å². The summed E-state index contributed by atoms with van der Waals surface area (Å²) in [5, 5.41) is 3.78. The second-order valence-electron chi connectivity index (χ2n) is 5.24. The van der Waals surface area contributed by atoms with Crippen LogP contribution in [0.1, 0.15) is 84.0 Å². The van der Waals surface area contributed by atoms with Gasteiger partial charge >= 0.3 is 0 Å².